The van der Waals surface area contributed by atoms with E-state index >= 15 is 0 Å². The lowest BCUT2D eigenvalue weighted by Gasteiger charge is -2.28. The molecule has 2 aliphatic carbocycles. The highest BCUT2D eigenvalue weighted by Crippen LogP contribution is 2.49. The average molecular weight is 289 g/mol. The van der Waals surface area contributed by atoms with Crippen molar-refractivity contribution < 1.29 is 14.6 Å². The zero-order valence-electron chi connectivity index (χ0n) is 12.4. The number of phenolic OH excluding ortho intramolecular Hbond substituents is 1. The van der Waals surface area contributed by atoms with Gasteiger partial charge in [-0.25, -0.2) is 0 Å². The predicted octanol–water partition coefficient (Wildman–Crippen LogP) is 2.71. The summed E-state index contributed by atoms with van der Waals surface area (Å²) in [6.45, 7) is 2.05. The molecule has 21 heavy (non-hydrogen) atoms. The first-order valence-corrected chi connectivity index (χ1v) is 7.83. The fourth-order valence-corrected chi connectivity index (χ4v) is 4.03. The average Bonchev–Trinajstić information content (AvgIpc) is 3.09. The first kappa shape index (κ1) is 14.2. The number of hydrogen-bond donors (Lipinski definition) is 2. The van der Waals surface area contributed by atoms with Crippen molar-refractivity contribution in [2.45, 2.75) is 38.6 Å². The Morgan fingerprint density at radius 2 is 2.19 bits per heavy atom. The van der Waals surface area contributed by atoms with E-state index in [1.807, 2.05) is 0 Å². The Hall–Kier alpha value is -1.71. The number of rotatable bonds is 5. The second-order valence-electron chi connectivity index (χ2n) is 6.45. The first-order valence-electron chi connectivity index (χ1n) is 7.83. The maximum atomic E-state index is 12.0. The minimum Gasteiger partial charge on any atom is -0.504 e. The van der Waals surface area contributed by atoms with Crippen LogP contribution in [0, 0.1) is 17.8 Å². The van der Waals surface area contributed by atoms with Gasteiger partial charge in [0.15, 0.2) is 18.1 Å². The number of amides is 1. The second kappa shape index (κ2) is 5.96. The van der Waals surface area contributed by atoms with Gasteiger partial charge in [-0.1, -0.05) is 18.6 Å². The van der Waals surface area contributed by atoms with Crippen molar-refractivity contribution >= 4 is 5.91 Å². The van der Waals surface area contributed by atoms with Crippen LogP contribution in [-0.2, 0) is 4.79 Å². The molecule has 0 heterocycles. The Labute approximate surface area is 125 Å². The number of aromatic hydroxyl groups is 1. The molecule has 2 bridgehead atoms. The molecule has 0 unspecified atom stereocenters. The van der Waals surface area contributed by atoms with E-state index in [-0.39, 0.29) is 24.3 Å². The van der Waals surface area contributed by atoms with E-state index in [9.17, 15) is 9.90 Å². The second-order valence-corrected chi connectivity index (χ2v) is 6.45. The summed E-state index contributed by atoms with van der Waals surface area (Å²) in [6, 6.07) is 6.90. The van der Waals surface area contributed by atoms with Crippen molar-refractivity contribution in [2.24, 2.45) is 17.8 Å². The largest absolute Gasteiger partial charge is 0.504 e. The third-order valence-corrected chi connectivity index (χ3v) is 5.05. The number of nitrogens with one attached hydrogen (secondary N) is 1. The summed E-state index contributed by atoms with van der Waals surface area (Å²) in [5.74, 6) is 2.60. The molecular formula is C17H23NO3. The van der Waals surface area contributed by atoms with E-state index in [0.29, 0.717) is 11.7 Å². The molecule has 0 spiro atoms. The number of ether oxygens (including phenoxy) is 1. The van der Waals surface area contributed by atoms with Crippen LogP contribution in [-0.4, -0.2) is 23.7 Å². The van der Waals surface area contributed by atoms with Gasteiger partial charge in [0.05, 0.1) is 0 Å². The molecule has 1 aromatic rings. The molecule has 0 radical (unpaired) electrons. The molecule has 4 heteroatoms. The highest BCUT2D eigenvalue weighted by Gasteiger charge is 2.42. The topological polar surface area (TPSA) is 58.6 Å². The molecule has 1 aromatic carbocycles. The van der Waals surface area contributed by atoms with Gasteiger partial charge < -0.3 is 15.2 Å². The zero-order valence-corrected chi connectivity index (χ0v) is 12.4. The minimum atomic E-state index is -0.117. The van der Waals surface area contributed by atoms with Gasteiger partial charge in [-0.15, -0.1) is 0 Å². The van der Waals surface area contributed by atoms with Crippen molar-refractivity contribution in [3.8, 4) is 11.5 Å². The van der Waals surface area contributed by atoms with Crippen molar-refractivity contribution in [2.75, 3.05) is 6.61 Å². The summed E-state index contributed by atoms with van der Waals surface area (Å²) >= 11 is 0. The first-order chi connectivity index (χ1) is 10.1. The van der Waals surface area contributed by atoms with Crippen LogP contribution in [0.1, 0.15) is 32.6 Å². The molecule has 2 fully saturated rings. The van der Waals surface area contributed by atoms with E-state index in [0.717, 1.165) is 11.8 Å². The van der Waals surface area contributed by atoms with Crippen LogP contribution < -0.4 is 10.1 Å². The lowest BCUT2D eigenvalue weighted by molar-refractivity contribution is -0.124. The zero-order chi connectivity index (χ0) is 14.8. The van der Waals surface area contributed by atoms with Gasteiger partial charge >= 0.3 is 0 Å². The summed E-state index contributed by atoms with van der Waals surface area (Å²) in [5.41, 5.74) is 0. The van der Waals surface area contributed by atoms with Crippen molar-refractivity contribution in [3.05, 3.63) is 24.3 Å². The molecule has 2 N–H and O–H groups in total. The number of para-hydroxylation sites is 2. The predicted molar refractivity (Wildman–Crippen MR) is 80.1 cm³/mol. The Bertz CT molecular complexity index is 517. The summed E-state index contributed by atoms with van der Waals surface area (Å²) in [5, 5.41) is 12.6. The molecule has 1 amide bonds. The molecule has 2 saturated carbocycles. The number of carbonyl (C=O) groups is 1. The van der Waals surface area contributed by atoms with Gasteiger partial charge in [-0.3, -0.25) is 4.79 Å². The summed E-state index contributed by atoms with van der Waals surface area (Å²) in [6.07, 6.45) is 5.30. The molecule has 3 rings (SSSR count). The maximum absolute atomic E-state index is 12.0. The molecule has 2 aliphatic rings. The lowest BCUT2D eigenvalue weighted by atomic mass is 9.84. The highest BCUT2D eigenvalue weighted by molar-refractivity contribution is 5.77. The number of fused-ring (bicyclic) bond motifs is 2. The third-order valence-electron chi connectivity index (χ3n) is 5.05. The Balaban J connectivity index is 1.47. The number of phenols is 1. The van der Waals surface area contributed by atoms with Crippen molar-refractivity contribution in [3.63, 3.8) is 0 Å². The minimum absolute atomic E-state index is 0.0528. The normalized spacial score (nSPS) is 28.3. The maximum Gasteiger partial charge on any atom is 0.258 e. The SMILES string of the molecule is C[C@H](NC(=O)COc1ccccc1O)[C@@H]1C[C@@H]2CC[C@@H]1C2. The number of benzene rings is 1. The molecular weight excluding hydrogens is 266 g/mol. The Kier molecular flexibility index (Phi) is 4.04. The van der Waals surface area contributed by atoms with Crippen LogP contribution in [0.25, 0.3) is 0 Å². The third kappa shape index (κ3) is 3.14. The van der Waals surface area contributed by atoms with Crippen LogP contribution in [0.5, 0.6) is 11.5 Å². The molecule has 0 aromatic heterocycles. The molecule has 4 atom stereocenters. The summed E-state index contributed by atoms with van der Waals surface area (Å²) in [7, 11) is 0. The molecule has 0 saturated heterocycles. The standard InChI is InChI=1S/C17H23NO3/c1-11(14-9-12-6-7-13(14)8-12)18-17(20)10-21-16-5-3-2-4-15(16)19/h2-5,11-14,19H,6-10H2,1H3,(H,18,20)/t11-,12+,13+,14-/m0/s1. The number of carbonyl (C=O) groups excluding carboxylic acids is 1. The number of hydrogen-bond acceptors (Lipinski definition) is 3. The highest BCUT2D eigenvalue weighted by atomic mass is 16.5. The van der Waals surface area contributed by atoms with Crippen LogP contribution in [0.2, 0.25) is 0 Å². The fourth-order valence-electron chi connectivity index (χ4n) is 4.03. The van der Waals surface area contributed by atoms with E-state index in [1.165, 1.54) is 25.7 Å². The Morgan fingerprint density at radius 3 is 2.86 bits per heavy atom. The van der Waals surface area contributed by atoms with Gasteiger partial charge in [-0.05, 0) is 56.1 Å². The van der Waals surface area contributed by atoms with E-state index < -0.39 is 0 Å². The lowest BCUT2D eigenvalue weighted by Crippen LogP contribution is -2.42. The summed E-state index contributed by atoms with van der Waals surface area (Å²) < 4.78 is 5.36. The van der Waals surface area contributed by atoms with Gasteiger partial charge in [0.1, 0.15) is 0 Å². The molecule has 0 aliphatic heterocycles. The van der Waals surface area contributed by atoms with Crippen molar-refractivity contribution in [1.29, 1.82) is 0 Å². The van der Waals surface area contributed by atoms with E-state index in [4.69, 9.17) is 4.74 Å². The van der Waals surface area contributed by atoms with Crippen LogP contribution in [0.15, 0.2) is 24.3 Å². The van der Waals surface area contributed by atoms with Crippen LogP contribution in [0.3, 0.4) is 0 Å². The van der Waals surface area contributed by atoms with Gasteiger partial charge in [0.25, 0.3) is 5.91 Å². The van der Waals surface area contributed by atoms with Crippen LogP contribution >= 0.6 is 0 Å². The quantitative estimate of drug-likeness (QED) is 0.876. The van der Waals surface area contributed by atoms with Gasteiger partial charge in [-0.2, -0.15) is 0 Å². The summed E-state index contributed by atoms with van der Waals surface area (Å²) in [4.78, 5) is 12.0. The van der Waals surface area contributed by atoms with Crippen molar-refractivity contribution in [1.82, 2.24) is 5.32 Å². The fraction of sp³-hybridized carbons (Fsp3) is 0.588. The van der Waals surface area contributed by atoms with Gasteiger partial charge in [0.2, 0.25) is 0 Å². The smallest absolute Gasteiger partial charge is 0.258 e. The van der Waals surface area contributed by atoms with Gasteiger partial charge in [0, 0.05) is 6.04 Å². The molecule has 114 valence electrons. The molecule has 4 nitrogen and oxygen atoms in total. The van der Waals surface area contributed by atoms with E-state index in [1.54, 1.807) is 24.3 Å². The van der Waals surface area contributed by atoms with E-state index in [2.05, 4.69) is 12.2 Å². The van der Waals surface area contributed by atoms with Crippen LogP contribution in [0.4, 0.5) is 0 Å². The monoisotopic (exact) mass is 289 g/mol. The Morgan fingerprint density at radius 1 is 1.38 bits per heavy atom.